The molecule has 0 unspecified atom stereocenters. The molecule has 2 aliphatic rings. The van der Waals surface area contributed by atoms with Crippen LogP contribution in [0.5, 0.6) is 0 Å². The Kier molecular flexibility index (Phi) is 6.42. The van der Waals surface area contributed by atoms with Crippen LogP contribution in [0.3, 0.4) is 0 Å². The Morgan fingerprint density at radius 3 is 2.54 bits per heavy atom. The van der Waals surface area contributed by atoms with E-state index in [0.29, 0.717) is 43.8 Å². The molecule has 1 aromatic rings. The van der Waals surface area contributed by atoms with Crippen LogP contribution in [0.25, 0.3) is 0 Å². The van der Waals surface area contributed by atoms with Gasteiger partial charge in [-0.05, 0) is 19.3 Å². The van der Waals surface area contributed by atoms with E-state index in [9.17, 15) is 14.4 Å². The Labute approximate surface area is 155 Å². The van der Waals surface area contributed by atoms with Crippen LogP contribution in [0.2, 0.25) is 0 Å². The van der Waals surface area contributed by atoms with Crippen molar-refractivity contribution in [2.24, 2.45) is 5.92 Å². The molecule has 3 rings (SSSR count). The molecule has 1 saturated heterocycles. The van der Waals surface area contributed by atoms with Crippen molar-refractivity contribution in [1.29, 1.82) is 0 Å². The lowest BCUT2D eigenvalue weighted by atomic mass is 10.1. The second kappa shape index (κ2) is 8.97. The zero-order chi connectivity index (χ0) is 18.4. The molecule has 140 valence electrons. The third-order valence-electron chi connectivity index (χ3n) is 5.50. The highest BCUT2D eigenvalue weighted by Gasteiger charge is 2.35. The Hall–Kier alpha value is -2.17. The lowest BCUT2D eigenvalue weighted by molar-refractivity contribution is -0.129. The van der Waals surface area contributed by atoms with Crippen LogP contribution in [0.1, 0.15) is 61.7 Å². The summed E-state index contributed by atoms with van der Waals surface area (Å²) in [4.78, 5) is 38.2. The van der Waals surface area contributed by atoms with Gasteiger partial charge in [0, 0.05) is 49.9 Å². The average molecular weight is 356 g/mol. The van der Waals surface area contributed by atoms with E-state index in [0.717, 1.165) is 19.4 Å². The number of nitrogens with one attached hydrogen (secondary N) is 1. The van der Waals surface area contributed by atoms with Crippen molar-refractivity contribution in [3.63, 3.8) is 0 Å². The van der Waals surface area contributed by atoms with Crippen molar-refractivity contribution in [2.75, 3.05) is 13.1 Å². The summed E-state index contributed by atoms with van der Waals surface area (Å²) in [5.41, 5.74) is 0.699. The largest absolute Gasteiger partial charge is 0.356 e. The average Bonchev–Trinajstić information content (AvgIpc) is 3.30. The summed E-state index contributed by atoms with van der Waals surface area (Å²) < 4.78 is 0. The standard InChI is InChI=1S/C21H28N2O3/c24-19(17-7-2-1-3-8-17)11-6-12-20(25)22-14-16-13-21(26)23(15-16)18-9-4-5-10-18/h1-3,7-8,16,18H,4-6,9-15H2,(H,22,25)/t16-/m0/s1. The predicted octanol–water partition coefficient (Wildman–Crippen LogP) is 2.95. The quantitative estimate of drug-likeness (QED) is 0.728. The highest BCUT2D eigenvalue weighted by atomic mass is 16.2. The molecule has 1 saturated carbocycles. The van der Waals surface area contributed by atoms with E-state index in [1.807, 2.05) is 23.1 Å². The van der Waals surface area contributed by atoms with Crippen LogP contribution in [0.4, 0.5) is 0 Å². The number of rotatable bonds is 8. The highest BCUT2D eigenvalue weighted by molar-refractivity contribution is 5.96. The topological polar surface area (TPSA) is 66.5 Å². The minimum absolute atomic E-state index is 0.0300. The predicted molar refractivity (Wildman–Crippen MR) is 99.7 cm³/mol. The maximum atomic E-state index is 12.2. The second-order valence-electron chi connectivity index (χ2n) is 7.50. The normalized spacial score (nSPS) is 20.5. The van der Waals surface area contributed by atoms with Crippen LogP contribution in [-0.4, -0.2) is 41.6 Å². The third kappa shape index (κ3) is 4.93. The molecule has 1 aliphatic heterocycles. The van der Waals surface area contributed by atoms with Gasteiger partial charge in [-0.15, -0.1) is 0 Å². The van der Waals surface area contributed by atoms with E-state index in [2.05, 4.69) is 5.32 Å². The number of benzene rings is 1. The van der Waals surface area contributed by atoms with Gasteiger partial charge in [-0.2, -0.15) is 0 Å². The number of amides is 2. The Morgan fingerprint density at radius 1 is 1.08 bits per heavy atom. The van der Waals surface area contributed by atoms with E-state index in [-0.39, 0.29) is 23.5 Å². The zero-order valence-electron chi connectivity index (χ0n) is 15.3. The molecule has 1 atom stereocenters. The van der Waals surface area contributed by atoms with Crippen molar-refractivity contribution in [3.8, 4) is 0 Å². The fourth-order valence-corrected chi connectivity index (χ4v) is 4.04. The van der Waals surface area contributed by atoms with E-state index in [1.165, 1.54) is 12.8 Å². The molecule has 1 aromatic carbocycles. The first-order valence-corrected chi connectivity index (χ1v) is 9.78. The summed E-state index contributed by atoms with van der Waals surface area (Å²) in [6, 6.07) is 9.60. The lowest BCUT2D eigenvalue weighted by Crippen LogP contribution is -2.36. The van der Waals surface area contributed by atoms with Crippen molar-refractivity contribution in [2.45, 2.75) is 57.4 Å². The molecule has 0 aromatic heterocycles. The minimum Gasteiger partial charge on any atom is -0.356 e. The molecular weight excluding hydrogens is 328 g/mol. The van der Waals surface area contributed by atoms with E-state index < -0.39 is 0 Å². The number of hydrogen-bond donors (Lipinski definition) is 1. The fourth-order valence-electron chi connectivity index (χ4n) is 4.04. The number of carbonyl (C=O) groups is 3. The van der Waals surface area contributed by atoms with Gasteiger partial charge in [0.2, 0.25) is 11.8 Å². The Bertz CT molecular complexity index is 638. The van der Waals surface area contributed by atoms with Crippen LogP contribution < -0.4 is 5.32 Å². The van der Waals surface area contributed by atoms with Crippen LogP contribution >= 0.6 is 0 Å². The smallest absolute Gasteiger partial charge is 0.223 e. The van der Waals surface area contributed by atoms with Crippen LogP contribution in [0, 0.1) is 5.92 Å². The second-order valence-corrected chi connectivity index (χ2v) is 7.50. The van der Waals surface area contributed by atoms with E-state index >= 15 is 0 Å². The van der Waals surface area contributed by atoms with Crippen molar-refractivity contribution < 1.29 is 14.4 Å². The number of carbonyl (C=O) groups excluding carboxylic acids is 3. The SMILES string of the molecule is O=C(CCCC(=O)c1ccccc1)NC[C@@H]1CC(=O)N(C2CCCC2)C1. The van der Waals surface area contributed by atoms with E-state index in [1.54, 1.807) is 12.1 Å². The molecule has 0 radical (unpaired) electrons. The molecule has 1 aliphatic carbocycles. The molecule has 1 heterocycles. The van der Waals surface area contributed by atoms with Gasteiger partial charge < -0.3 is 10.2 Å². The van der Waals surface area contributed by atoms with Gasteiger partial charge >= 0.3 is 0 Å². The first-order chi connectivity index (χ1) is 12.6. The summed E-state index contributed by atoms with van der Waals surface area (Å²) in [7, 11) is 0. The molecule has 2 amide bonds. The maximum Gasteiger partial charge on any atom is 0.223 e. The van der Waals surface area contributed by atoms with Crippen LogP contribution in [0.15, 0.2) is 30.3 Å². The first-order valence-electron chi connectivity index (χ1n) is 9.78. The van der Waals surface area contributed by atoms with Gasteiger partial charge in [-0.25, -0.2) is 0 Å². The van der Waals surface area contributed by atoms with Gasteiger partial charge in [0.1, 0.15) is 0 Å². The minimum atomic E-state index is -0.0300. The monoisotopic (exact) mass is 356 g/mol. The molecule has 0 spiro atoms. The molecule has 1 N–H and O–H groups in total. The summed E-state index contributed by atoms with van der Waals surface area (Å²) >= 11 is 0. The summed E-state index contributed by atoms with van der Waals surface area (Å²) in [6.45, 7) is 1.33. The molecule has 0 bridgehead atoms. The van der Waals surface area contributed by atoms with Gasteiger partial charge in [0.25, 0.3) is 0 Å². The number of likely N-dealkylation sites (tertiary alicyclic amines) is 1. The summed E-state index contributed by atoms with van der Waals surface area (Å²) in [5.74, 6) is 0.507. The lowest BCUT2D eigenvalue weighted by Gasteiger charge is -2.24. The molecule has 5 heteroatoms. The van der Waals surface area contributed by atoms with Gasteiger partial charge in [0.15, 0.2) is 5.78 Å². The first kappa shape index (κ1) is 18.6. The molecule has 26 heavy (non-hydrogen) atoms. The van der Waals surface area contributed by atoms with Crippen LogP contribution in [-0.2, 0) is 9.59 Å². The van der Waals surface area contributed by atoms with Gasteiger partial charge in [0.05, 0.1) is 0 Å². The summed E-state index contributed by atoms with van der Waals surface area (Å²) in [5, 5.41) is 2.94. The van der Waals surface area contributed by atoms with Crippen molar-refractivity contribution >= 4 is 17.6 Å². The van der Waals surface area contributed by atoms with Gasteiger partial charge in [-0.3, -0.25) is 14.4 Å². The zero-order valence-corrected chi connectivity index (χ0v) is 15.3. The Balaban J connectivity index is 1.33. The van der Waals surface area contributed by atoms with Crippen molar-refractivity contribution in [1.82, 2.24) is 10.2 Å². The summed E-state index contributed by atoms with van der Waals surface area (Å²) in [6.07, 6.45) is 6.52. The molecule has 5 nitrogen and oxygen atoms in total. The fraction of sp³-hybridized carbons (Fsp3) is 0.571. The van der Waals surface area contributed by atoms with Gasteiger partial charge in [-0.1, -0.05) is 43.2 Å². The maximum absolute atomic E-state index is 12.2. The number of hydrogen-bond acceptors (Lipinski definition) is 3. The van der Waals surface area contributed by atoms with Crippen molar-refractivity contribution in [3.05, 3.63) is 35.9 Å². The number of Topliss-reactive ketones (excluding diaryl/α,β-unsaturated/α-hetero) is 1. The molecule has 2 fully saturated rings. The molecular formula is C21H28N2O3. The highest BCUT2D eigenvalue weighted by Crippen LogP contribution is 2.29. The number of nitrogens with zero attached hydrogens (tertiary/aromatic N) is 1. The van der Waals surface area contributed by atoms with E-state index in [4.69, 9.17) is 0 Å². The third-order valence-corrected chi connectivity index (χ3v) is 5.50. The number of ketones is 1. The Morgan fingerprint density at radius 2 is 1.81 bits per heavy atom.